The predicted octanol–water partition coefficient (Wildman–Crippen LogP) is 3.94. The van der Waals surface area contributed by atoms with Crippen LogP contribution in [0.25, 0.3) is 17.7 Å². The van der Waals surface area contributed by atoms with E-state index < -0.39 is 0 Å². The van der Waals surface area contributed by atoms with Crippen molar-refractivity contribution in [3.63, 3.8) is 0 Å². The molecule has 124 valence electrons. The summed E-state index contributed by atoms with van der Waals surface area (Å²) in [7, 11) is 6.03. The van der Waals surface area contributed by atoms with Gasteiger partial charge in [-0.05, 0) is 55.3 Å². The van der Waals surface area contributed by atoms with Gasteiger partial charge in [0, 0.05) is 28.4 Å². The van der Waals surface area contributed by atoms with E-state index in [1.807, 2.05) is 42.6 Å². The van der Waals surface area contributed by atoms with Gasteiger partial charge < -0.3 is 10.7 Å². The van der Waals surface area contributed by atoms with Gasteiger partial charge in [-0.2, -0.15) is 0 Å². The second-order valence-corrected chi connectivity index (χ2v) is 6.42. The molecule has 0 unspecified atom stereocenters. The number of benzene rings is 1. The normalized spacial score (nSPS) is 15.9. The first kappa shape index (κ1) is 17.5. The second-order valence-electron chi connectivity index (χ2n) is 5.99. The highest BCUT2D eigenvalue weighted by atomic mass is 35.5. The molecule has 5 heteroatoms. The van der Waals surface area contributed by atoms with Crippen LogP contribution in [0.5, 0.6) is 0 Å². The maximum Gasteiger partial charge on any atom is 0.586 e. The van der Waals surface area contributed by atoms with Crippen LogP contribution in [0, 0.1) is 6.92 Å². The Bertz CT molecular complexity index is 886. The molecule has 1 aliphatic rings. The molecule has 3 rings (SSSR count). The van der Waals surface area contributed by atoms with Crippen LogP contribution >= 0.6 is 11.6 Å². The van der Waals surface area contributed by atoms with E-state index in [9.17, 15) is 0 Å². The van der Waals surface area contributed by atoms with Gasteiger partial charge in [-0.1, -0.05) is 29.8 Å². The van der Waals surface area contributed by atoms with Gasteiger partial charge in [0.1, 0.15) is 6.21 Å². The molecule has 1 aromatic heterocycles. The Morgan fingerprint density at radius 2 is 2.04 bits per heavy atom. The second kappa shape index (κ2) is 7.73. The number of nitrogens with zero attached hydrogens (tertiary/aromatic N) is 1. The molecule has 2 heterocycles. The summed E-state index contributed by atoms with van der Waals surface area (Å²) in [6.45, 7) is 2.65. The molecule has 0 aliphatic carbocycles. The zero-order valence-corrected chi connectivity index (χ0v) is 14.9. The molecule has 0 amide bonds. The first-order valence-electron chi connectivity index (χ1n) is 8.21. The average molecular weight is 349 g/mol. The van der Waals surface area contributed by atoms with Crippen molar-refractivity contribution < 1.29 is 4.49 Å². The Morgan fingerprint density at radius 3 is 2.68 bits per heavy atom. The number of hydrogen-bond acceptors (Lipinski definition) is 1. The summed E-state index contributed by atoms with van der Waals surface area (Å²) >= 11 is 5.92. The summed E-state index contributed by atoms with van der Waals surface area (Å²) in [5.74, 6) is 0. The van der Waals surface area contributed by atoms with Gasteiger partial charge >= 0.3 is 7.98 Å². The highest BCUT2D eigenvalue weighted by Crippen LogP contribution is 2.27. The van der Waals surface area contributed by atoms with Crippen LogP contribution in [0.1, 0.15) is 28.9 Å². The number of H-pyrrole nitrogens is 1. The molecular weight excluding hydrogens is 329 g/mol. The molecule has 25 heavy (non-hydrogen) atoms. The standard InChI is InChI=1S/C20H20BClN3/c1-14-13-17(9-6-15-4-7-16(22)8-5-15)24-20(14)18(10-11-23)19-3-2-12-25(19)21/h2-9,12-13,24H,10-11,23H2,1H3/q+1/b9-6+. The van der Waals surface area contributed by atoms with E-state index in [1.165, 1.54) is 5.56 Å². The van der Waals surface area contributed by atoms with Crippen molar-refractivity contribution in [3.8, 4) is 0 Å². The molecule has 0 atom stereocenters. The number of allylic oxidation sites excluding steroid dienone is 2. The molecule has 1 aromatic carbocycles. The molecule has 0 saturated heterocycles. The molecule has 1 aliphatic heterocycles. The lowest BCUT2D eigenvalue weighted by atomic mass is 10.0. The zero-order chi connectivity index (χ0) is 17.8. The van der Waals surface area contributed by atoms with Crippen LogP contribution in [-0.4, -0.2) is 30.2 Å². The lowest BCUT2D eigenvalue weighted by molar-refractivity contribution is -0.293. The fraction of sp³-hybridized carbons (Fsp3) is 0.150. The third-order valence-electron chi connectivity index (χ3n) is 4.15. The third-order valence-corrected chi connectivity index (χ3v) is 4.40. The number of rotatable bonds is 5. The number of aryl methyl sites for hydroxylation is 1. The fourth-order valence-corrected chi connectivity index (χ4v) is 3.05. The highest BCUT2D eigenvalue weighted by molar-refractivity contribution is 6.30. The number of halogens is 1. The van der Waals surface area contributed by atoms with E-state index in [-0.39, 0.29) is 0 Å². The number of nitrogens with one attached hydrogen (secondary N) is 1. The fourth-order valence-electron chi connectivity index (χ4n) is 2.92. The van der Waals surface area contributed by atoms with Crippen molar-refractivity contribution in [1.29, 1.82) is 0 Å². The lowest BCUT2D eigenvalue weighted by Crippen LogP contribution is -2.09. The van der Waals surface area contributed by atoms with Gasteiger partial charge in [-0.25, -0.2) is 0 Å². The highest BCUT2D eigenvalue weighted by Gasteiger charge is 2.20. The zero-order valence-electron chi connectivity index (χ0n) is 14.2. The minimum Gasteiger partial charge on any atom is -0.355 e. The van der Waals surface area contributed by atoms with Gasteiger partial charge in [0.15, 0.2) is 5.70 Å². The monoisotopic (exact) mass is 348 g/mol. The Morgan fingerprint density at radius 1 is 1.28 bits per heavy atom. The number of hydrogen-bond donors (Lipinski definition) is 2. The van der Waals surface area contributed by atoms with E-state index in [0.29, 0.717) is 6.54 Å². The van der Waals surface area contributed by atoms with Crippen molar-refractivity contribution in [2.75, 3.05) is 6.54 Å². The molecule has 3 nitrogen and oxygen atoms in total. The number of aromatic amines is 1. The quantitative estimate of drug-likeness (QED) is 0.790. The van der Waals surface area contributed by atoms with Gasteiger partial charge in [0.25, 0.3) is 0 Å². The van der Waals surface area contributed by atoms with Crippen LogP contribution < -0.4 is 5.73 Å². The first-order valence-corrected chi connectivity index (χ1v) is 8.58. The Kier molecular flexibility index (Phi) is 5.42. The van der Waals surface area contributed by atoms with Crippen LogP contribution in [0.3, 0.4) is 0 Å². The largest absolute Gasteiger partial charge is 0.586 e. The molecule has 2 radical (unpaired) electrons. The first-order chi connectivity index (χ1) is 12.1. The topological polar surface area (TPSA) is 44.8 Å². The van der Waals surface area contributed by atoms with Crippen molar-refractivity contribution in [2.24, 2.45) is 5.73 Å². The number of aromatic nitrogens is 1. The number of nitrogens with two attached hydrogens (primary N) is 1. The van der Waals surface area contributed by atoms with E-state index in [4.69, 9.17) is 25.3 Å². The minimum atomic E-state index is 0.564. The van der Waals surface area contributed by atoms with Crippen LogP contribution in [0.15, 0.2) is 48.2 Å². The Balaban J connectivity index is 1.92. The summed E-state index contributed by atoms with van der Waals surface area (Å²) in [5, 5.41) is 0.737. The van der Waals surface area contributed by atoms with Gasteiger partial charge in [0.05, 0.1) is 5.69 Å². The van der Waals surface area contributed by atoms with E-state index in [1.54, 1.807) is 4.49 Å². The molecule has 2 aromatic rings. The third kappa shape index (κ3) is 4.03. The van der Waals surface area contributed by atoms with Crippen molar-refractivity contribution in [3.05, 3.63) is 75.7 Å². The molecule has 0 fully saturated rings. The average Bonchev–Trinajstić information content (AvgIpc) is 3.18. The predicted molar refractivity (Wildman–Crippen MR) is 108 cm³/mol. The van der Waals surface area contributed by atoms with Gasteiger partial charge in [-0.3, -0.25) is 4.49 Å². The SMILES string of the molecule is [B][N+]1=CC=CC1=C(CCN)c1[nH]c(/C=C/c2ccc(Cl)cc2)cc1C. The summed E-state index contributed by atoms with van der Waals surface area (Å²) in [5.41, 5.74) is 12.3. The Hall–Kier alpha value is -2.30. The summed E-state index contributed by atoms with van der Waals surface area (Å²) in [6, 6.07) is 9.87. The maximum absolute atomic E-state index is 6.03. The lowest BCUT2D eigenvalue weighted by Gasteiger charge is -2.07. The van der Waals surface area contributed by atoms with Crippen molar-refractivity contribution in [1.82, 2.24) is 4.98 Å². The Labute approximate surface area is 154 Å². The molecular formula is C20H20BClN3+. The van der Waals surface area contributed by atoms with Crippen molar-refractivity contribution in [2.45, 2.75) is 13.3 Å². The molecule has 3 N–H and O–H groups in total. The summed E-state index contributed by atoms with van der Waals surface area (Å²) in [4.78, 5) is 3.49. The molecule has 0 saturated carbocycles. The van der Waals surface area contributed by atoms with Crippen LogP contribution in [0.2, 0.25) is 5.02 Å². The summed E-state index contributed by atoms with van der Waals surface area (Å²) in [6.07, 6.45) is 10.6. The van der Waals surface area contributed by atoms with Crippen LogP contribution in [0.4, 0.5) is 0 Å². The summed E-state index contributed by atoms with van der Waals surface area (Å²) < 4.78 is 1.63. The van der Waals surface area contributed by atoms with Crippen molar-refractivity contribution >= 4 is 43.5 Å². The van der Waals surface area contributed by atoms with E-state index in [0.717, 1.165) is 39.7 Å². The molecule has 0 spiro atoms. The van der Waals surface area contributed by atoms with E-state index in [2.05, 4.69) is 30.1 Å². The van der Waals surface area contributed by atoms with Gasteiger partial charge in [-0.15, -0.1) is 0 Å². The van der Waals surface area contributed by atoms with E-state index >= 15 is 0 Å². The maximum atomic E-state index is 6.03. The van der Waals surface area contributed by atoms with Gasteiger partial charge in [0.2, 0.25) is 0 Å². The molecule has 0 bridgehead atoms. The minimum absolute atomic E-state index is 0.564. The smallest absolute Gasteiger partial charge is 0.355 e. The van der Waals surface area contributed by atoms with Crippen LogP contribution in [-0.2, 0) is 0 Å².